The highest BCUT2D eigenvalue weighted by Gasteiger charge is 2.26. The molecule has 0 unspecified atom stereocenters. The standard InChI is InChI=1S/C36H27N9O19S6/c1-17-10-18(37-34-39-35(41-36(46)40-34)38-30-15-21(66(50,51)52)4-9-31(30)68(56,57)58)2-6-27(17)43-45-28-7-8-29(24-13-20(65(47,48)49)3-5-23(24)28)44-42-19-11-25-26(32(12-19)69(59,60)61)14-22(67(53,54)55)16-33(25)70(62,63)64/h2-16H,1H3,(H,47,48,49)(H,50,51,52)(H,53,54,55)(H,56,57,58)(H,59,60,61)(H,62,63,64)(H3,37,38,39,40,41,46). The van der Waals surface area contributed by atoms with Gasteiger partial charge in [0.1, 0.15) is 14.7 Å². The van der Waals surface area contributed by atoms with Crippen molar-refractivity contribution in [3.8, 4) is 6.01 Å². The van der Waals surface area contributed by atoms with E-state index in [-0.39, 0.29) is 39.5 Å². The summed E-state index contributed by atoms with van der Waals surface area (Å²) in [7, 11) is -30.6. The van der Waals surface area contributed by atoms with Gasteiger partial charge in [-0.1, -0.05) is 6.07 Å². The van der Waals surface area contributed by atoms with Crippen molar-refractivity contribution >= 4 is 128 Å². The maximum absolute atomic E-state index is 12.5. The van der Waals surface area contributed by atoms with E-state index in [0.717, 1.165) is 18.2 Å². The molecule has 34 heteroatoms. The number of anilines is 4. The number of hydrogen-bond acceptors (Lipinski definition) is 22. The molecule has 0 amide bonds. The van der Waals surface area contributed by atoms with Gasteiger partial charge in [-0.25, -0.2) is 0 Å². The lowest BCUT2D eigenvalue weighted by atomic mass is 10.1. The Morgan fingerprint density at radius 2 is 0.900 bits per heavy atom. The molecule has 0 aliphatic rings. The molecular formula is C36H27N9O19S6. The molecule has 0 fully saturated rings. The smallest absolute Gasteiger partial charge is 0.320 e. The van der Waals surface area contributed by atoms with Gasteiger partial charge in [0.2, 0.25) is 11.9 Å². The summed E-state index contributed by atoms with van der Waals surface area (Å²) in [6.45, 7) is 1.60. The Morgan fingerprint density at radius 3 is 1.49 bits per heavy atom. The van der Waals surface area contributed by atoms with Crippen LogP contribution in [-0.2, 0) is 60.7 Å². The van der Waals surface area contributed by atoms with Crippen LogP contribution in [0.1, 0.15) is 5.56 Å². The summed E-state index contributed by atoms with van der Waals surface area (Å²) in [5.41, 5.74) is -0.277. The predicted molar refractivity (Wildman–Crippen MR) is 241 cm³/mol. The third kappa shape index (κ3) is 11.3. The van der Waals surface area contributed by atoms with Gasteiger partial charge in [-0.05, 0) is 97.4 Å². The van der Waals surface area contributed by atoms with Gasteiger partial charge in [0.05, 0.1) is 43.1 Å². The quantitative estimate of drug-likeness (QED) is 0.0446. The van der Waals surface area contributed by atoms with Gasteiger partial charge in [-0.3, -0.25) is 27.3 Å². The Balaban J connectivity index is 1.22. The van der Waals surface area contributed by atoms with Gasteiger partial charge < -0.3 is 15.7 Å². The molecule has 9 N–H and O–H groups in total. The van der Waals surface area contributed by atoms with E-state index in [1.54, 1.807) is 6.92 Å². The lowest BCUT2D eigenvalue weighted by Crippen LogP contribution is -2.09. The monoisotopic (exact) mass is 1080 g/mol. The normalized spacial score (nSPS) is 13.1. The first kappa shape index (κ1) is 50.8. The number of aryl methyl sites for hydroxylation is 1. The highest BCUT2D eigenvalue weighted by atomic mass is 32.2. The number of hydrogen-bond donors (Lipinski definition) is 9. The van der Waals surface area contributed by atoms with Crippen LogP contribution in [0.2, 0.25) is 0 Å². The minimum Gasteiger partial charge on any atom is -0.479 e. The van der Waals surface area contributed by atoms with Gasteiger partial charge in [-0.2, -0.15) is 75.7 Å². The number of nitrogens with one attached hydrogen (secondary N) is 2. The number of rotatable bonds is 14. The van der Waals surface area contributed by atoms with E-state index in [4.69, 9.17) is 0 Å². The summed E-state index contributed by atoms with van der Waals surface area (Å²) in [6.07, 6.45) is 0. The van der Waals surface area contributed by atoms with Crippen molar-refractivity contribution in [2.45, 2.75) is 36.3 Å². The zero-order chi connectivity index (χ0) is 51.5. The van der Waals surface area contributed by atoms with Crippen molar-refractivity contribution in [2.24, 2.45) is 20.5 Å². The Labute approximate surface area is 394 Å². The van der Waals surface area contributed by atoms with Crippen molar-refractivity contribution in [1.82, 2.24) is 15.0 Å². The molecular weight excluding hydrogens is 1050 g/mol. The molecule has 1 aromatic heterocycles. The number of aromatic nitrogens is 3. The molecule has 366 valence electrons. The first-order chi connectivity index (χ1) is 32.3. The lowest BCUT2D eigenvalue weighted by molar-refractivity contribution is 0.430. The van der Waals surface area contributed by atoms with Crippen LogP contribution in [0.15, 0.2) is 141 Å². The number of azo groups is 2. The van der Waals surface area contributed by atoms with E-state index in [1.165, 1.54) is 36.4 Å². The summed E-state index contributed by atoms with van der Waals surface area (Å²) >= 11 is 0. The summed E-state index contributed by atoms with van der Waals surface area (Å²) in [4.78, 5) is 5.64. The molecule has 0 aliphatic heterocycles. The topological polar surface area (TPSA) is 459 Å². The third-order valence-corrected chi connectivity index (χ3v) is 14.7. The minimum absolute atomic E-state index is 0.0615. The maximum Gasteiger partial charge on any atom is 0.320 e. The van der Waals surface area contributed by atoms with Gasteiger partial charge in [0, 0.05) is 27.2 Å². The van der Waals surface area contributed by atoms with Crippen LogP contribution in [0.5, 0.6) is 6.01 Å². The predicted octanol–water partition coefficient (Wildman–Crippen LogP) is 5.99. The molecule has 6 aromatic carbocycles. The van der Waals surface area contributed by atoms with E-state index < -0.39 is 124 Å². The fourth-order valence-corrected chi connectivity index (χ4v) is 10.1. The molecule has 0 radical (unpaired) electrons. The fraction of sp³-hybridized carbons (Fsp3) is 0.0278. The highest BCUT2D eigenvalue weighted by Crippen LogP contribution is 2.40. The van der Waals surface area contributed by atoms with Crippen LogP contribution in [-0.4, -0.2) is 97.9 Å². The van der Waals surface area contributed by atoms with Crippen molar-refractivity contribution in [3.63, 3.8) is 0 Å². The molecule has 70 heavy (non-hydrogen) atoms. The third-order valence-electron chi connectivity index (χ3n) is 9.43. The molecule has 28 nitrogen and oxygen atoms in total. The number of fused-ring (bicyclic) bond motifs is 2. The van der Waals surface area contributed by atoms with Crippen LogP contribution in [0, 0.1) is 6.92 Å². The van der Waals surface area contributed by atoms with E-state index >= 15 is 0 Å². The average molecular weight is 1080 g/mol. The Morgan fingerprint density at radius 1 is 0.414 bits per heavy atom. The van der Waals surface area contributed by atoms with Crippen LogP contribution in [0.4, 0.5) is 46.0 Å². The summed E-state index contributed by atoms with van der Waals surface area (Å²) < 4.78 is 203. The minimum atomic E-state index is -5.36. The van der Waals surface area contributed by atoms with E-state index in [1.807, 2.05) is 0 Å². The van der Waals surface area contributed by atoms with Crippen LogP contribution >= 0.6 is 0 Å². The van der Waals surface area contributed by atoms with E-state index in [9.17, 15) is 82.9 Å². The summed E-state index contributed by atoms with van der Waals surface area (Å²) in [5, 5.41) is 30.4. The molecule has 7 rings (SSSR count). The maximum atomic E-state index is 12.5. The van der Waals surface area contributed by atoms with Crippen LogP contribution in [0.25, 0.3) is 21.5 Å². The highest BCUT2D eigenvalue weighted by molar-refractivity contribution is 7.87. The number of benzene rings is 6. The van der Waals surface area contributed by atoms with Gasteiger partial charge >= 0.3 is 6.01 Å². The Bertz CT molecular complexity index is 4160. The van der Waals surface area contributed by atoms with Crippen molar-refractivity contribution in [1.29, 1.82) is 0 Å². The molecule has 0 atom stereocenters. The second kappa shape index (κ2) is 18.0. The number of aromatic hydroxyl groups is 1. The molecule has 0 saturated heterocycles. The van der Waals surface area contributed by atoms with Crippen LogP contribution < -0.4 is 10.6 Å². The Hall–Kier alpha value is -7.09. The molecule has 1 heterocycles. The van der Waals surface area contributed by atoms with Gasteiger partial charge in [-0.15, -0.1) is 10.2 Å². The largest absolute Gasteiger partial charge is 0.479 e. The van der Waals surface area contributed by atoms with Crippen molar-refractivity contribution in [3.05, 3.63) is 96.6 Å². The van der Waals surface area contributed by atoms with E-state index in [2.05, 4.69) is 46.0 Å². The second-order valence-corrected chi connectivity index (χ2v) is 22.6. The van der Waals surface area contributed by atoms with Crippen LogP contribution in [0.3, 0.4) is 0 Å². The zero-order valence-electron chi connectivity index (χ0n) is 34.3. The average Bonchev–Trinajstić information content (AvgIpc) is 3.22. The molecule has 7 aromatic rings. The first-order valence-electron chi connectivity index (χ1n) is 18.4. The molecule has 0 spiro atoms. The van der Waals surface area contributed by atoms with Crippen molar-refractivity contribution < 1.29 is 82.9 Å². The lowest BCUT2D eigenvalue weighted by Gasteiger charge is -2.12. The number of nitrogens with zero attached hydrogens (tertiary/aromatic N) is 7. The Kier molecular flexibility index (Phi) is 13.1. The molecule has 0 saturated carbocycles. The first-order valence-corrected chi connectivity index (χ1v) is 27.0. The van der Waals surface area contributed by atoms with Gasteiger partial charge in [0.15, 0.2) is 0 Å². The second-order valence-electron chi connectivity index (χ2n) is 14.2. The fourth-order valence-electron chi connectivity index (χ4n) is 6.40. The summed E-state index contributed by atoms with van der Waals surface area (Å²) in [5.74, 6) is -0.890. The summed E-state index contributed by atoms with van der Waals surface area (Å²) in [6, 6.07) is 13.7. The SMILES string of the molecule is Cc1cc(Nc2nc(O)nc(Nc3cc(S(=O)(=O)O)ccc3S(=O)(=O)O)n2)ccc1N=Nc1ccc(N=Nc2cc(S(=O)(=O)O)c3cc(S(=O)(=O)O)cc(S(=O)(=O)O)c3c2)c2cc(S(=O)(=O)O)ccc12. The van der Waals surface area contributed by atoms with Gasteiger partial charge in [0.25, 0.3) is 60.7 Å². The zero-order valence-corrected chi connectivity index (χ0v) is 39.2. The molecule has 0 bridgehead atoms. The molecule has 0 aliphatic carbocycles. The van der Waals surface area contributed by atoms with E-state index in [0.29, 0.717) is 42.0 Å². The van der Waals surface area contributed by atoms with Crippen molar-refractivity contribution in [2.75, 3.05) is 10.6 Å².